The third-order valence-corrected chi connectivity index (χ3v) is 5.44. The van der Waals surface area contributed by atoms with Crippen molar-refractivity contribution >= 4 is 18.0 Å². The zero-order valence-electron chi connectivity index (χ0n) is 19.7. The molecule has 1 amide bonds. The van der Waals surface area contributed by atoms with Crippen LogP contribution in [0, 0.1) is 6.92 Å². The Kier molecular flexibility index (Phi) is 7.97. The fourth-order valence-electron chi connectivity index (χ4n) is 3.55. The Labute approximate surface area is 208 Å². The summed E-state index contributed by atoms with van der Waals surface area (Å²) >= 11 is 0. The maximum absolute atomic E-state index is 12.1. The van der Waals surface area contributed by atoms with Gasteiger partial charge < -0.3 is 24.0 Å². The van der Waals surface area contributed by atoms with Gasteiger partial charge in [-0.25, -0.2) is 9.78 Å². The summed E-state index contributed by atoms with van der Waals surface area (Å²) in [5, 5.41) is 12.0. The summed E-state index contributed by atoms with van der Waals surface area (Å²) in [6.45, 7) is 2.30. The highest BCUT2D eigenvalue weighted by atomic mass is 16.5. The molecule has 8 heteroatoms. The number of rotatable bonds is 11. The van der Waals surface area contributed by atoms with Gasteiger partial charge in [0.05, 0.1) is 18.6 Å². The molecule has 0 aliphatic carbocycles. The number of aromatic nitrogens is 1. The number of furan rings is 1. The number of nitrogens with zero attached hydrogens (tertiary/aromatic N) is 1. The van der Waals surface area contributed by atoms with Crippen molar-refractivity contribution in [3.05, 3.63) is 102 Å². The molecule has 0 aliphatic heterocycles. The molecule has 0 saturated heterocycles. The van der Waals surface area contributed by atoms with Gasteiger partial charge in [-0.3, -0.25) is 4.79 Å². The topological polar surface area (TPSA) is 115 Å². The van der Waals surface area contributed by atoms with Gasteiger partial charge >= 0.3 is 5.97 Å². The number of aryl methyl sites for hydroxylation is 1. The lowest BCUT2D eigenvalue weighted by Crippen LogP contribution is -2.41. The Bertz CT molecular complexity index is 1310. The second-order valence-electron chi connectivity index (χ2n) is 8.08. The van der Waals surface area contributed by atoms with E-state index in [1.54, 1.807) is 36.4 Å². The minimum absolute atomic E-state index is 0.135. The number of oxazole rings is 1. The van der Waals surface area contributed by atoms with Crippen LogP contribution in [0.4, 0.5) is 0 Å². The number of carbonyl (C=O) groups is 2. The van der Waals surface area contributed by atoms with E-state index in [0.29, 0.717) is 30.4 Å². The highest BCUT2D eigenvalue weighted by molar-refractivity contribution is 5.94. The summed E-state index contributed by atoms with van der Waals surface area (Å²) in [7, 11) is 0. The summed E-state index contributed by atoms with van der Waals surface area (Å²) in [5.41, 5.74) is 2.52. The largest absolute Gasteiger partial charge is 0.493 e. The van der Waals surface area contributed by atoms with Crippen LogP contribution in [0.5, 0.6) is 5.75 Å². The SMILES string of the molecule is Cc1oc(-c2ccccc2)nc1CCOc1ccc(C[C@H](NC(=O)C=Cc2ccco2)C(=O)O)cc1. The standard InChI is InChI=1S/C28H26N2O6/c1-19-24(30-27(36-19)21-6-3-2-4-7-21)15-17-35-23-11-9-20(10-12-23)18-25(28(32)33)29-26(31)14-13-22-8-5-16-34-22/h2-14,16,25H,15,17-18H2,1H3,(H,29,31)(H,32,33)/t25-/m0/s1. The highest BCUT2D eigenvalue weighted by Crippen LogP contribution is 2.22. The maximum Gasteiger partial charge on any atom is 0.326 e. The molecular weight excluding hydrogens is 460 g/mol. The van der Waals surface area contributed by atoms with Crippen LogP contribution in [0.3, 0.4) is 0 Å². The number of ether oxygens (including phenoxy) is 1. The first-order valence-corrected chi connectivity index (χ1v) is 11.5. The average Bonchev–Trinajstić information content (AvgIpc) is 3.54. The van der Waals surface area contributed by atoms with E-state index in [0.717, 1.165) is 22.6 Å². The number of carbonyl (C=O) groups excluding carboxylic acids is 1. The van der Waals surface area contributed by atoms with Crippen LogP contribution in [-0.4, -0.2) is 34.6 Å². The van der Waals surface area contributed by atoms with Crippen molar-refractivity contribution in [3.63, 3.8) is 0 Å². The summed E-state index contributed by atoms with van der Waals surface area (Å²) in [6.07, 6.45) is 4.93. The molecule has 2 aromatic carbocycles. The quantitative estimate of drug-likeness (QED) is 0.296. The fraction of sp³-hybridized carbons (Fsp3) is 0.179. The first-order valence-electron chi connectivity index (χ1n) is 11.5. The van der Waals surface area contributed by atoms with Gasteiger partial charge in [0, 0.05) is 24.5 Å². The van der Waals surface area contributed by atoms with Gasteiger partial charge in [0.25, 0.3) is 0 Å². The second kappa shape index (κ2) is 11.7. The van der Waals surface area contributed by atoms with Crippen LogP contribution in [0.25, 0.3) is 17.5 Å². The van der Waals surface area contributed by atoms with Gasteiger partial charge in [0.1, 0.15) is 23.3 Å². The third-order valence-electron chi connectivity index (χ3n) is 5.44. The van der Waals surface area contributed by atoms with E-state index in [2.05, 4.69) is 10.3 Å². The third kappa shape index (κ3) is 6.73. The van der Waals surface area contributed by atoms with E-state index in [1.165, 1.54) is 18.4 Å². The molecule has 0 unspecified atom stereocenters. The molecular formula is C28H26N2O6. The van der Waals surface area contributed by atoms with E-state index in [9.17, 15) is 14.7 Å². The lowest BCUT2D eigenvalue weighted by Gasteiger charge is -2.14. The average molecular weight is 487 g/mol. The molecule has 4 aromatic rings. The van der Waals surface area contributed by atoms with Crippen LogP contribution in [0.15, 0.2) is 87.9 Å². The molecule has 1 atom stereocenters. The van der Waals surface area contributed by atoms with E-state index < -0.39 is 17.9 Å². The van der Waals surface area contributed by atoms with Crippen molar-refractivity contribution < 1.29 is 28.3 Å². The smallest absolute Gasteiger partial charge is 0.326 e. The normalized spacial score (nSPS) is 11.9. The van der Waals surface area contributed by atoms with Crippen LogP contribution in [-0.2, 0) is 22.4 Å². The van der Waals surface area contributed by atoms with E-state index >= 15 is 0 Å². The first-order chi connectivity index (χ1) is 17.5. The molecule has 0 bridgehead atoms. The molecule has 0 saturated carbocycles. The van der Waals surface area contributed by atoms with Crippen molar-refractivity contribution in [2.45, 2.75) is 25.8 Å². The minimum Gasteiger partial charge on any atom is -0.493 e. The number of carboxylic acid groups (broad SMARTS) is 1. The number of hydrogen-bond acceptors (Lipinski definition) is 6. The number of nitrogens with one attached hydrogen (secondary N) is 1. The van der Waals surface area contributed by atoms with Gasteiger partial charge in [-0.2, -0.15) is 0 Å². The Balaban J connectivity index is 1.28. The van der Waals surface area contributed by atoms with Crippen LogP contribution in [0.1, 0.15) is 22.8 Å². The fourth-order valence-corrected chi connectivity index (χ4v) is 3.55. The molecule has 2 aromatic heterocycles. The van der Waals surface area contributed by atoms with Gasteiger partial charge in [0.2, 0.25) is 11.8 Å². The van der Waals surface area contributed by atoms with Crippen molar-refractivity contribution in [2.24, 2.45) is 0 Å². The lowest BCUT2D eigenvalue weighted by atomic mass is 10.1. The van der Waals surface area contributed by atoms with Crippen molar-refractivity contribution in [1.29, 1.82) is 0 Å². The van der Waals surface area contributed by atoms with Crippen molar-refractivity contribution in [1.82, 2.24) is 10.3 Å². The monoisotopic (exact) mass is 486 g/mol. The van der Waals surface area contributed by atoms with Crippen molar-refractivity contribution in [2.75, 3.05) is 6.61 Å². The number of benzene rings is 2. The second-order valence-corrected chi connectivity index (χ2v) is 8.08. The summed E-state index contributed by atoms with van der Waals surface area (Å²) < 4.78 is 16.7. The molecule has 0 radical (unpaired) electrons. The predicted octanol–water partition coefficient (Wildman–Crippen LogP) is 4.69. The Hall–Kier alpha value is -4.59. The van der Waals surface area contributed by atoms with E-state index in [4.69, 9.17) is 13.6 Å². The first kappa shape index (κ1) is 24.5. The molecule has 0 spiro atoms. The minimum atomic E-state index is -1.12. The summed E-state index contributed by atoms with van der Waals surface area (Å²) in [5.74, 6) is 0.867. The van der Waals surface area contributed by atoms with Crippen LogP contribution in [0.2, 0.25) is 0 Å². The number of aliphatic carboxylic acids is 1. The Morgan fingerprint density at radius 1 is 1.08 bits per heavy atom. The maximum atomic E-state index is 12.1. The van der Waals surface area contributed by atoms with Gasteiger partial charge in [-0.05, 0) is 55.0 Å². The van der Waals surface area contributed by atoms with E-state index in [-0.39, 0.29) is 6.42 Å². The summed E-state index contributed by atoms with van der Waals surface area (Å²) in [6, 6.07) is 19.2. The van der Waals surface area contributed by atoms with Gasteiger partial charge in [-0.15, -0.1) is 0 Å². The molecule has 0 aliphatic rings. The molecule has 4 rings (SSSR count). The molecule has 8 nitrogen and oxygen atoms in total. The van der Waals surface area contributed by atoms with Crippen LogP contribution < -0.4 is 10.1 Å². The highest BCUT2D eigenvalue weighted by Gasteiger charge is 2.19. The van der Waals surface area contributed by atoms with Gasteiger partial charge in [-0.1, -0.05) is 30.3 Å². The predicted molar refractivity (Wildman–Crippen MR) is 133 cm³/mol. The molecule has 0 fully saturated rings. The summed E-state index contributed by atoms with van der Waals surface area (Å²) in [4.78, 5) is 28.3. The van der Waals surface area contributed by atoms with Crippen LogP contribution >= 0.6 is 0 Å². The molecule has 2 heterocycles. The zero-order chi connectivity index (χ0) is 25.3. The Morgan fingerprint density at radius 2 is 1.86 bits per heavy atom. The van der Waals surface area contributed by atoms with E-state index in [1.807, 2.05) is 37.3 Å². The molecule has 36 heavy (non-hydrogen) atoms. The number of hydrogen-bond donors (Lipinski definition) is 2. The lowest BCUT2D eigenvalue weighted by molar-refractivity contribution is -0.141. The molecule has 2 N–H and O–H groups in total. The van der Waals surface area contributed by atoms with Crippen molar-refractivity contribution in [3.8, 4) is 17.2 Å². The zero-order valence-corrected chi connectivity index (χ0v) is 19.7. The number of amides is 1. The Morgan fingerprint density at radius 3 is 2.56 bits per heavy atom. The number of carboxylic acids is 1. The van der Waals surface area contributed by atoms with Gasteiger partial charge in [0.15, 0.2) is 0 Å². The molecule has 184 valence electrons.